The van der Waals surface area contributed by atoms with Crippen molar-refractivity contribution in [1.29, 1.82) is 0 Å². The minimum Gasteiger partial charge on any atom is -0.381 e. The second-order valence-electron chi connectivity index (χ2n) is 5.37. The third kappa shape index (κ3) is 7.07. The third-order valence-corrected chi connectivity index (χ3v) is 2.32. The highest BCUT2D eigenvalue weighted by Gasteiger charge is 2.18. The number of rotatable bonds is 6. The normalized spacial score (nSPS) is 16.4. The SMILES string of the molecule is CO[C@@H](CC=O)C[C@H](C)CC(C)(C)C. The molecule has 0 unspecified atom stereocenters. The smallest absolute Gasteiger partial charge is 0.122 e. The van der Waals surface area contributed by atoms with Crippen molar-refractivity contribution in [3.8, 4) is 0 Å². The van der Waals surface area contributed by atoms with E-state index in [2.05, 4.69) is 27.7 Å². The zero-order valence-corrected chi connectivity index (χ0v) is 10.2. The lowest BCUT2D eigenvalue weighted by atomic mass is 9.83. The van der Waals surface area contributed by atoms with E-state index < -0.39 is 0 Å². The van der Waals surface area contributed by atoms with Gasteiger partial charge in [-0.2, -0.15) is 0 Å². The van der Waals surface area contributed by atoms with Crippen molar-refractivity contribution in [3.63, 3.8) is 0 Å². The molecule has 0 radical (unpaired) electrons. The van der Waals surface area contributed by atoms with Crippen LogP contribution in [0, 0.1) is 11.3 Å². The summed E-state index contributed by atoms with van der Waals surface area (Å²) in [4.78, 5) is 10.4. The average Bonchev–Trinajstić information content (AvgIpc) is 2.00. The van der Waals surface area contributed by atoms with Crippen LogP contribution in [-0.4, -0.2) is 19.5 Å². The summed E-state index contributed by atoms with van der Waals surface area (Å²) in [5.41, 5.74) is 0.360. The van der Waals surface area contributed by atoms with Crippen LogP contribution in [0.2, 0.25) is 0 Å². The molecule has 0 saturated heterocycles. The number of carbonyl (C=O) groups is 1. The van der Waals surface area contributed by atoms with E-state index in [1.165, 1.54) is 6.42 Å². The number of methoxy groups -OCH3 is 1. The first-order chi connectivity index (χ1) is 6.39. The molecule has 0 spiro atoms. The topological polar surface area (TPSA) is 26.3 Å². The van der Waals surface area contributed by atoms with Crippen molar-refractivity contribution in [2.24, 2.45) is 11.3 Å². The van der Waals surface area contributed by atoms with Crippen LogP contribution in [0.25, 0.3) is 0 Å². The average molecular weight is 200 g/mol. The van der Waals surface area contributed by atoms with E-state index >= 15 is 0 Å². The number of carbonyl (C=O) groups excluding carboxylic acids is 1. The van der Waals surface area contributed by atoms with Gasteiger partial charge in [0.15, 0.2) is 0 Å². The summed E-state index contributed by atoms with van der Waals surface area (Å²) < 4.78 is 5.24. The van der Waals surface area contributed by atoms with E-state index in [4.69, 9.17) is 4.74 Å². The van der Waals surface area contributed by atoms with Crippen LogP contribution in [0.4, 0.5) is 0 Å². The summed E-state index contributed by atoms with van der Waals surface area (Å²) in [7, 11) is 1.68. The van der Waals surface area contributed by atoms with Gasteiger partial charge in [-0.15, -0.1) is 0 Å². The van der Waals surface area contributed by atoms with Crippen LogP contribution in [-0.2, 0) is 9.53 Å². The molecule has 0 saturated carbocycles. The first-order valence-corrected chi connectivity index (χ1v) is 5.35. The van der Waals surface area contributed by atoms with Crippen molar-refractivity contribution >= 4 is 6.29 Å². The number of ether oxygens (including phenoxy) is 1. The zero-order chi connectivity index (χ0) is 11.2. The Bertz CT molecular complexity index is 158. The predicted molar refractivity (Wildman–Crippen MR) is 59.3 cm³/mol. The maximum Gasteiger partial charge on any atom is 0.122 e. The van der Waals surface area contributed by atoms with Gasteiger partial charge in [-0.05, 0) is 24.2 Å². The van der Waals surface area contributed by atoms with Gasteiger partial charge in [0.1, 0.15) is 6.29 Å². The summed E-state index contributed by atoms with van der Waals surface area (Å²) in [6.07, 6.45) is 3.71. The Morgan fingerprint density at radius 2 is 1.93 bits per heavy atom. The summed E-state index contributed by atoms with van der Waals surface area (Å²) in [6.45, 7) is 8.95. The van der Waals surface area contributed by atoms with E-state index in [1.807, 2.05) is 0 Å². The molecule has 0 bridgehead atoms. The Kier molecular flexibility index (Phi) is 6.01. The Morgan fingerprint density at radius 3 is 2.29 bits per heavy atom. The quantitative estimate of drug-likeness (QED) is 0.616. The first-order valence-electron chi connectivity index (χ1n) is 5.35. The molecule has 0 aromatic rings. The minimum absolute atomic E-state index is 0.102. The Morgan fingerprint density at radius 1 is 1.36 bits per heavy atom. The molecule has 0 aliphatic rings. The molecule has 0 rings (SSSR count). The van der Waals surface area contributed by atoms with Crippen LogP contribution in [0.15, 0.2) is 0 Å². The second-order valence-corrected chi connectivity index (χ2v) is 5.37. The van der Waals surface area contributed by atoms with Gasteiger partial charge in [-0.25, -0.2) is 0 Å². The highest BCUT2D eigenvalue weighted by atomic mass is 16.5. The molecule has 0 aliphatic heterocycles. The highest BCUT2D eigenvalue weighted by molar-refractivity contribution is 5.50. The molecule has 0 amide bonds. The number of hydrogen-bond acceptors (Lipinski definition) is 2. The standard InChI is InChI=1S/C12H24O2/c1-10(9-12(2,3)4)8-11(14-5)6-7-13/h7,10-11H,6,8-9H2,1-5H3/t10-,11-/m0/s1. The van der Waals surface area contributed by atoms with Crippen molar-refractivity contribution in [2.75, 3.05) is 7.11 Å². The van der Waals surface area contributed by atoms with Crippen LogP contribution < -0.4 is 0 Å². The zero-order valence-electron chi connectivity index (χ0n) is 10.2. The van der Waals surface area contributed by atoms with E-state index in [0.29, 0.717) is 17.8 Å². The van der Waals surface area contributed by atoms with Crippen LogP contribution in [0.3, 0.4) is 0 Å². The molecule has 0 heterocycles. The van der Waals surface area contributed by atoms with Crippen molar-refractivity contribution < 1.29 is 9.53 Å². The van der Waals surface area contributed by atoms with E-state index in [0.717, 1.165) is 12.7 Å². The Balaban J connectivity index is 3.89. The minimum atomic E-state index is 0.102. The van der Waals surface area contributed by atoms with E-state index in [9.17, 15) is 4.79 Å². The second kappa shape index (κ2) is 6.18. The molecule has 0 fully saturated rings. The Labute approximate surface area is 88.0 Å². The molecule has 2 heteroatoms. The molecule has 84 valence electrons. The lowest BCUT2D eigenvalue weighted by molar-refractivity contribution is -0.110. The van der Waals surface area contributed by atoms with Gasteiger partial charge in [-0.1, -0.05) is 27.7 Å². The van der Waals surface area contributed by atoms with Gasteiger partial charge in [0.25, 0.3) is 0 Å². The summed E-state index contributed by atoms with van der Waals surface area (Å²) in [6, 6.07) is 0. The van der Waals surface area contributed by atoms with Crippen LogP contribution in [0.5, 0.6) is 0 Å². The van der Waals surface area contributed by atoms with Gasteiger partial charge >= 0.3 is 0 Å². The maximum atomic E-state index is 10.4. The fraction of sp³-hybridized carbons (Fsp3) is 0.917. The van der Waals surface area contributed by atoms with Crippen molar-refractivity contribution in [2.45, 2.75) is 53.1 Å². The van der Waals surface area contributed by atoms with Crippen LogP contribution >= 0.6 is 0 Å². The molecule has 0 aliphatic carbocycles. The van der Waals surface area contributed by atoms with E-state index in [-0.39, 0.29) is 6.10 Å². The highest BCUT2D eigenvalue weighted by Crippen LogP contribution is 2.27. The third-order valence-electron chi connectivity index (χ3n) is 2.32. The molecule has 0 aromatic heterocycles. The lowest BCUT2D eigenvalue weighted by Crippen LogP contribution is -2.19. The van der Waals surface area contributed by atoms with Gasteiger partial charge in [0.05, 0.1) is 6.10 Å². The van der Waals surface area contributed by atoms with Gasteiger partial charge in [-0.3, -0.25) is 0 Å². The van der Waals surface area contributed by atoms with Gasteiger partial charge in [0.2, 0.25) is 0 Å². The van der Waals surface area contributed by atoms with Gasteiger partial charge in [0, 0.05) is 13.5 Å². The van der Waals surface area contributed by atoms with Crippen molar-refractivity contribution in [1.82, 2.24) is 0 Å². The molecule has 0 N–H and O–H groups in total. The molecule has 2 nitrogen and oxygen atoms in total. The van der Waals surface area contributed by atoms with Gasteiger partial charge < -0.3 is 9.53 Å². The maximum absolute atomic E-state index is 10.4. The molecule has 2 atom stereocenters. The number of aldehydes is 1. The van der Waals surface area contributed by atoms with Crippen LogP contribution in [0.1, 0.15) is 47.0 Å². The fourth-order valence-electron chi connectivity index (χ4n) is 1.97. The fourth-order valence-corrected chi connectivity index (χ4v) is 1.97. The predicted octanol–water partition coefficient (Wildman–Crippen LogP) is 3.05. The largest absolute Gasteiger partial charge is 0.381 e. The van der Waals surface area contributed by atoms with Crippen molar-refractivity contribution in [3.05, 3.63) is 0 Å². The monoisotopic (exact) mass is 200 g/mol. The number of hydrogen-bond donors (Lipinski definition) is 0. The lowest BCUT2D eigenvalue weighted by Gasteiger charge is -2.25. The molecule has 14 heavy (non-hydrogen) atoms. The molecular weight excluding hydrogens is 176 g/mol. The molecular formula is C12H24O2. The summed E-state index contributed by atoms with van der Waals surface area (Å²) >= 11 is 0. The van der Waals surface area contributed by atoms with E-state index in [1.54, 1.807) is 7.11 Å². The Hall–Kier alpha value is -0.370. The summed E-state index contributed by atoms with van der Waals surface area (Å²) in [5.74, 6) is 0.611. The first kappa shape index (κ1) is 13.6. The summed E-state index contributed by atoms with van der Waals surface area (Å²) in [5, 5.41) is 0. The molecule has 0 aromatic carbocycles.